The summed E-state index contributed by atoms with van der Waals surface area (Å²) in [4.78, 5) is 23.5. The van der Waals surface area contributed by atoms with Crippen LogP contribution < -0.4 is 0 Å². The minimum absolute atomic E-state index is 0.135. The molecule has 0 radical (unpaired) electrons. The maximum Gasteiger partial charge on any atom is 0.416 e. The average Bonchev–Trinajstić information content (AvgIpc) is 2.61. The smallest absolute Gasteiger partial charge is 0.416 e. The molecule has 1 aliphatic rings. The van der Waals surface area contributed by atoms with Crippen molar-refractivity contribution in [2.24, 2.45) is 0 Å². The summed E-state index contributed by atoms with van der Waals surface area (Å²) < 4.78 is 44.2. The SMILES string of the molecule is CC.CC(C)(C)OC(=O)N1CC=C(c2cc([N+](=O)[O-])cc(C(F)(F)F)c2)CC1. The molecule has 0 fully saturated rings. The summed E-state index contributed by atoms with van der Waals surface area (Å²) in [5, 5.41) is 10.9. The predicted molar refractivity (Wildman–Crippen MR) is 99.8 cm³/mol. The number of carbonyl (C=O) groups excluding carboxylic acids is 1. The van der Waals surface area contributed by atoms with Crippen LogP contribution >= 0.6 is 0 Å². The third-order valence-electron chi connectivity index (χ3n) is 3.69. The first-order chi connectivity index (χ1) is 12.9. The van der Waals surface area contributed by atoms with Crippen molar-refractivity contribution in [3.05, 3.63) is 45.5 Å². The van der Waals surface area contributed by atoms with Gasteiger partial charge in [0.25, 0.3) is 5.69 Å². The molecule has 1 aromatic carbocycles. The van der Waals surface area contributed by atoms with Crippen LogP contribution in [0, 0.1) is 10.1 Å². The highest BCUT2D eigenvalue weighted by molar-refractivity contribution is 5.73. The molecule has 0 bridgehead atoms. The molecule has 6 nitrogen and oxygen atoms in total. The van der Waals surface area contributed by atoms with Crippen molar-refractivity contribution in [3.63, 3.8) is 0 Å². The van der Waals surface area contributed by atoms with E-state index in [0.717, 1.165) is 12.1 Å². The van der Waals surface area contributed by atoms with Gasteiger partial charge in [0.05, 0.1) is 10.5 Å². The van der Waals surface area contributed by atoms with Gasteiger partial charge in [-0.1, -0.05) is 19.9 Å². The standard InChI is InChI=1S/C17H19F3N2O4.C2H6/c1-16(2,3)26-15(23)21-6-4-11(5-7-21)12-8-13(17(18,19)20)10-14(9-12)22(24)25;1-2/h4,8-10H,5-7H2,1-3H3;1-2H3. The molecule has 0 atom stereocenters. The highest BCUT2D eigenvalue weighted by atomic mass is 19.4. The Hall–Kier alpha value is -2.58. The number of ether oxygens (including phenoxy) is 1. The zero-order valence-corrected chi connectivity index (χ0v) is 16.6. The van der Waals surface area contributed by atoms with E-state index in [2.05, 4.69) is 0 Å². The summed E-state index contributed by atoms with van der Waals surface area (Å²) in [5.41, 5.74) is -1.68. The van der Waals surface area contributed by atoms with Crippen LogP contribution in [0.3, 0.4) is 0 Å². The van der Waals surface area contributed by atoms with Crippen molar-refractivity contribution < 1.29 is 27.6 Å². The Balaban J connectivity index is 0.00000190. The van der Waals surface area contributed by atoms with Gasteiger partial charge in [0, 0.05) is 25.2 Å². The fourth-order valence-electron chi connectivity index (χ4n) is 2.49. The first kappa shape index (κ1) is 23.5. The summed E-state index contributed by atoms with van der Waals surface area (Å²) in [6.45, 7) is 9.62. The topological polar surface area (TPSA) is 72.7 Å². The molecule has 28 heavy (non-hydrogen) atoms. The summed E-state index contributed by atoms with van der Waals surface area (Å²) in [5.74, 6) is 0. The van der Waals surface area contributed by atoms with Crippen molar-refractivity contribution in [2.45, 2.75) is 52.8 Å². The number of nitrogens with zero attached hydrogens (tertiary/aromatic N) is 2. The quantitative estimate of drug-likeness (QED) is 0.472. The summed E-state index contributed by atoms with van der Waals surface area (Å²) in [6.07, 6.45) is -3.33. The molecule has 1 amide bonds. The van der Waals surface area contributed by atoms with Crippen LogP contribution in [0.1, 0.15) is 52.2 Å². The molecular formula is C19H25F3N2O4. The Labute approximate surface area is 162 Å². The largest absolute Gasteiger partial charge is 0.444 e. The van der Waals surface area contributed by atoms with E-state index >= 15 is 0 Å². The number of alkyl halides is 3. The van der Waals surface area contributed by atoms with Gasteiger partial charge in [0.2, 0.25) is 0 Å². The minimum Gasteiger partial charge on any atom is -0.444 e. The van der Waals surface area contributed by atoms with Gasteiger partial charge in [-0.3, -0.25) is 10.1 Å². The number of benzene rings is 1. The maximum atomic E-state index is 13.0. The van der Waals surface area contributed by atoms with Gasteiger partial charge >= 0.3 is 12.3 Å². The number of nitro groups is 1. The van der Waals surface area contributed by atoms with E-state index < -0.39 is 34.0 Å². The number of non-ortho nitro benzene ring substituents is 1. The summed E-state index contributed by atoms with van der Waals surface area (Å²) >= 11 is 0. The van der Waals surface area contributed by atoms with Crippen LogP contribution in [0.5, 0.6) is 0 Å². The molecule has 1 aromatic rings. The first-order valence-electron chi connectivity index (χ1n) is 8.91. The van der Waals surface area contributed by atoms with Crippen molar-refractivity contribution in [3.8, 4) is 0 Å². The van der Waals surface area contributed by atoms with Gasteiger partial charge < -0.3 is 9.64 Å². The molecule has 0 saturated heterocycles. The predicted octanol–water partition coefficient (Wildman–Crippen LogP) is 5.66. The molecular weight excluding hydrogens is 377 g/mol. The Morgan fingerprint density at radius 2 is 1.79 bits per heavy atom. The van der Waals surface area contributed by atoms with Crippen LogP contribution in [-0.2, 0) is 10.9 Å². The van der Waals surface area contributed by atoms with E-state index in [1.807, 2.05) is 13.8 Å². The van der Waals surface area contributed by atoms with Crippen molar-refractivity contribution in [1.82, 2.24) is 4.90 Å². The van der Waals surface area contributed by atoms with Gasteiger partial charge in [-0.2, -0.15) is 13.2 Å². The molecule has 1 aliphatic heterocycles. The second-order valence-electron chi connectivity index (χ2n) is 6.93. The number of hydrogen-bond donors (Lipinski definition) is 0. The van der Waals surface area contributed by atoms with Gasteiger partial charge in [-0.25, -0.2) is 4.79 Å². The van der Waals surface area contributed by atoms with Crippen LogP contribution in [0.25, 0.3) is 5.57 Å². The zero-order valence-electron chi connectivity index (χ0n) is 16.6. The van der Waals surface area contributed by atoms with E-state index in [4.69, 9.17) is 4.74 Å². The van der Waals surface area contributed by atoms with Gasteiger partial charge in [-0.05, 0) is 44.4 Å². The van der Waals surface area contributed by atoms with Gasteiger partial charge in [0.15, 0.2) is 0 Å². The Kier molecular flexibility index (Phi) is 7.60. The van der Waals surface area contributed by atoms with E-state index in [-0.39, 0.29) is 25.1 Å². The number of halogens is 3. The first-order valence-corrected chi connectivity index (χ1v) is 8.91. The van der Waals surface area contributed by atoms with E-state index in [1.54, 1.807) is 26.8 Å². The lowest BCUT2D eigenvalue weighted by Gasteiger charge is -2.29. The van der Waals surface area contributed by atoms with Crippen LogP contribution in [-0.4, -0.2) is 34.6 Å². The lowest BCUT2D eigenvalue weighted by Crippen LogP contribution is -2.39. The summed E-state index contributed by atoms with van der Waals surface area (Å²) in [7, 11) is 0. The lowest BCUT2D eigenvalue weighted by atomic mass is 9.97. The van der Waals surface area contributed by atoms with Crippen LogP contribution in [0.4, 0.5) is 23.7 Å². The van der Waals surface area contributed by atoms with E-state index in [1.165, 1.54) is 4.90 Å². The molecule has 1 heterocycles. The van der Waals surface area contributed by atoms with Crippen molar-refractivity contribution in [2.75, 3.05) is 13.1 Å². The number of hydrogen-bond acceptors (Lipinski definition) is 4. The van der Waals surface area contributed by atoms with E-state index in [0.29, 0.717) is 11.6 Å². The summed E-state index contributed by atoms with van der Waals surface area (Å²) in [6, 6.07) is 2.52. The number of rotatable bonds is 2. The maximum absolute atomic E-state index is 13.0. The normalized spacial score (nSPS) is 14.6. The van der Waals surface area contributed by atoms with Gasteiger partial charge in [0.1, 0.15) is 5.60 Å². The molecule has 0 spiro atoms. The zero-order chi connectivity index (χ0) is 21.7. The second-order valence-corrected chi connectivity index (χ2v) is 6.93. The highest BCUT2D eigenvalue weighted by Crippen LogP contribution is 2.35. The molecule has 0 aliphatic carbocycles. The monoisotopic (exact) mass is 402 g/mol. The molecule has 9 heteroatoms. The fourth-order valence-corrected chi connectivity index (χ4v) is 2.49. The van der Waals surface area contributed by atoms with E-state index in [9.17, 15) is 28.1 Å². The average molecular weight is 402 g/mol. The number of carbonyl (C=O) groups is 1. The van der Waals surface area contributed by atoms with Crippen molar-refractivity contribution >= 4 is 17.4 Å². The van der Waals surface area contributed by atoms with Gasteiger partial charge in [-0.15, -0.1) is 0 Å². The Morgan fingerprint density at radius 3 is 2.21 bits per heavy atom. The number of amides is 1. The third kappa shape index (κ3) is 6.54. The Morgan fingerprint density at radius 1 is 1.18 bits per heavy atom. The Bertz CT molecular complexity index is 753. The molecule has 0 N–H and O–H groups in total. The van der Waals surface area contributed by atoms with Crippen LogP contribution in [0.2, 0.25) is 0 Å². The lowest BCUT2D eigenvalue weighted by molar-refractivity contribution is -0.385. The van der Waals surface area contributed by atoms with Crippen LogP contribution in [0.15, 0.2) is 24.3 Å². The minimum atomic E-state index is -4.68. The molecule has 2 rings (SSSR count). The fraction of sp³-hybridized carbons (Fsp3) is 0.526. The molecule has 156 valence electrons. The van der Waals surface area contributed by atoms with Crippen molar-refractivity contribution in [1.29, 1.82) is 0 Å². The number of nitro benzene ring substituents is 1. The third-order valence-corrected chi connectivity index (χ3v) is 3.69. The second kappa shape index (κ2) is 9.07. The molecule has 0 saturated carbocycles. The molecule has 0 unspecified atom stereocenters. The highest BCUT2D eigenvalue weighted by Gasteiger charge is 2.33. The molecule has 0 aromatic heterocycles.